The molecule has 1 N–H and O–H groups in total. The lowest BCUT2D eigenvalue weighted by Crippen LogP contribution is -2.38. The van der Waals surface area contributed by atoms with Crippen LogP contribution in [-0.4, -0.2) is 29.9 Å². The number of nitrogens with zero attached hydrogens (tertiary/aromatic N) is 2. The van der Waals surface area contributed by atoms with Gasteiger partial charge < -0.3 is 10.2 Å². The molecule has 0 atom stereocenters. The summed E-state index contributed by atoms with van der Waals surface area (Å²) >= 11 is 0. The van der Waals surface area contributed by atoms with Crippen molar-refractivity contribution >= 4 is 40.4 Å². The van der Waals surface area contributed by atoms with Gasteiger partial charge in [-0.3, -0.25) is 19.4 Å². The maximum atomic E-state index is 13.3. The Kier molecular flexibility index (Phi) is 5.89. The predicted octanol–water partition coefficient (Wildman–Crippen LogP) is 4.52. The molecule has 1 aliphatic rings. The summed E-state index contributed by atoms with van der Waals surface area (Å²) < 4.78 is 13.3. The Morgan fingerprint density at radius 2 is 1.78 bits per heavy atom. The molecule has 3 aromatic carbocycles. The van der Waals surface area contributed by atoms with E-state index in [9.17, 15) is 18.8 Å². The molecule has 4 rings (SSSR count). The molecule has 0 radical (unpaired) electrons. The Hall–Kier alpha value is -4.13. The molecule has 6 nitrogen and oxygen atoms in total. The standard InChI is InChI=1S/C25H20FN3O3/c1-16(30)18-5-4-6-20(13-18)27-24(31)15-29-23-8-3-2-7-21(23)28-22(14-25(29)32)17-9-11-19(26)12-10-17/h2-13H,14-15H2,1H3,(H,27,31). The van der Waals surface area contributed by atoms with Gasteiger partial charge in [-0.1, -0.05) is 36.4 Å². The maximum absolute atomic E-state index is 13.3. The monoisotopic (exact) mass is 429 g/mol. The Morgan fingerprint density at radius 1 is 1.03 bits per heavy atom. The molecule has 2 amide bonds. The smallest absolute Gasteiger partial charge is 0.244 e. The third-order valence-corrected chi connectivity index (χ3v) is 5.08. The lowest BCUT2D eigenvalue weighted by molar-refractivity contribution is -0.120. The Labute approximate surface area is 184 Å². The fourth-order valence-electron chi connectivity index (χ4n) is 3.49. The number of aliphatic imine (C=N–C) groups is 1. The van der Waals surface area contributed by atoms with E-state index in [-0.39, 0.29) is 30.5 Å². The highest BCUT2D eigenvalue weighted by molar-refractivity contribution is 6.19. The van der Waals surface area contributed by atoms with Crippen molar-refractivity contribution in [2.75, 3.05) is 16.8 Å². The van der Waals surface area contributed by atoms with E-state index in [0.717, 1.165) is 0 Å². The number of halogens is 1. The zero-order valence-electron chi connectivity index (χ0n) is 17.3. The van der Waals surface area contributed by atoms with Gasteiger partial charge in [-0.15, -0.1) is 0 Å². The van der Waals surface area contributed by atoms with Crippen LogP contribution in [0.1, 0.15) is 29.3 Å². The van der Waals surface area contributed by atoms with Crippen LogP contribution in [0.3, 0.4) is 0 Å². The van der Waals surface area contributed by atoms with Gasteiger partial charge in [0.25, 0.3) is 0 Å². The zero-order valence-corrected chi connectivity index (χ0v) is 17.3. The number of amides is 2. The number of fused-ring (bicyclic) bond motifs is 1. The third kappa shape index (κ3) is 4.62. The number of para-hydroxylation sites is 2. The summed E-state index contributed by atoms with van der Waals surface area (Å²) in [6, 6.07) is 19.5. The average Bonchev–Trinajstić information content (AvgIpc) is 2.91. The molecule has 0 aliphatic carbocycles. The number of carbonyl (C=O) groups excluding carboxylic acids is 3. The minimum atomic E-state index is -0.404. The first-order valence-electron chi connectivity index (χ1n) is 10.0. The van der Waals surface area contributed by atoms with Gasteiger partial charge in [-0.25, -0.2) is 4.39 Å². The highest BCUT2D eigenvalue weighted by Crippen LogP contribution is 2.32. The van der Waals surface area contributed by atoms with Crippen molar-refractivity contribution in [3.05, 3.63) is 89.7 Å². The van der Waals surface area contributed by atoms with Crippen LogP contribution < -0.4 is 10.2 Å². The van der Waals surface area contributed by atoms with Crippen molar-refractivity contribution in [1.82, 2.24) is 0 Å². The van der Waals surface area contributed by atoms with Crippen LogP contribution >= 0.6 is 0 Å². The second kappa shape index (κ2) is 8.93. The molecule has 0 spiro atoms. The van der Waals surface area contributed by atoms with Crippen molar-refractivity contribution in [3.63, 3.8) is 0 Å². The van der Waals surface area contributed by atoms with Crippen molar-refractivity contribution < 1.29 is 18.8 Å². The first kappa shape index (κ1) is 21.1. The zero-order chi connectivity index (χ0) is 22.7. The minimum absolute atomic E-state index is 0.0343. The van der Waals surface area contributed by atoms with Gasteiger partial charge in [0.1, 0.15) is 12.4 Å². The largest absolute Gasteiger partial charge is 0.325 e. The number of anilines is 2. The third-order valence-electron chi connectivity index (χ3n) is 5.08. The topological polar surface area (TPSA) is 78.8 Å². The van der Waals surface area contributed by atoms with E-state index in [1.54, 1.807) is 60.7 Å². The highest BCUT2D eigenvalue weighted by atomic mass is 19.1. The fraction of sp³-hybridized carbons (Fsp3) is 0.120. The van der Waals surface area contributed by atoms with Crippen LogP contribution in [0.5, 0.6) is 0 Å². The van der Waals surface area contributed by atoms with Gasteiger partial charge in [-0.2, -0.15) is 0 Å². The van der Waals surface area contributed by atoms with E-state index in [1.165, 1.54) is 24.0 Å². The van der Waals surface area contributed by atoms with Crippen LogP contribution in [0.25, 0.3) is 0 Å². The van der Waals surface area contributed by atoms with Crippen molar-refractivity contribution in [2.24, 2.45) is 4.99 Å². The summed E-state index contributed by atoms with van der Waals surface area (Å²) in [5.74, 6) is -1.19. The van der Waals surface area contributed by atoms with Gasteiger partial charge in [0.05, 0.1) is 23.5 Å². The number of Topliss-reactive ketones (excluding diaryl/α,β-unsaturated/α-hetero) is 1. The molecule has 7 heteroatoms. The van der Waals surface area contributed by atoms with E-state index >= 15 is 0 Å². The number of benzene rings is 3. The molecule has 0 bridgehead atoms. The fourth-order valence-corrected chi connectivity index (χ4v) is 3.49. The summed E-state index contributed by atoms with van der Waals surface area (Å²) in [4.78, 5) is 43.5. The SMILES string of the molecule is CC(=O)c1cccc(NC(=O)CN2C(=O)CC(c3ccc(F)cc3)=Nc3ccccc32)c1. The molecule has 0 fully saturated rings. The van der Waals surface area contributed by atoms with Crippen LogP contribution in [0, 0.1) is 5.82 Å². The number of carbonyl (C=O) groups is 3. The van der Waals surface area contributed by atoms with Crippen molar-refractivity contribution in [3.8, 4) is 0 Å². The molecule has 1 heterocycles. The average molecular weight is 429 g/mol. The molecule has 0 aromatic heterocycles. The molecule has 3 aromatic rings. The second-order valence-electron chi connectivity index (χ2n) is 7.40. The molecule has 1 aliphatic heterocycles. The van der Waals surface area contributed by atoms with Gasteiger partial charge in [0.2, 0.25) is 11.8 Å². The summed E-state index contributed by atoms with van der Waals surface area (Å²) in [6.07, 6.45) is -0.0343. The maximum Gasteiger partial charge on any atom is 0.244 e. The molecular formula is C25H20FN3O3. The van der Waals surface area contributed by atoms with E-state index in [4.69, 9.17) is 0 Å². The molecule has 0 saturated carbocycles. The first-order chi connectivity index (χ1) is 15.4. The van der Waals surface area contributed by atoms with Crippen LogP contribution in [-0.2, 0) is 9.59 Å². The molecule has 0 saturated heterocycles. The molecule has 0 unspecified atom stereocenters. The Morgan fingerprint density at radius 3 is 2.53 bits per heavy atom. The van der Waals surface area contributed by atoms with Gasteiger partial charge in [0.15, 0.2) is 5.78 Å². The number of ketones is 1. The Bertz CT molecular complexity index is 1240. The summed E-state index contributed by atoms with van der Waals surface area (Å²) in [5, 5.41) is 2.74. The van der Waals surface area contributed by atoms with Gasteiger partial charge in [0, 0.05) is 11.3 Å². The number of nitrogens with one attached hydrogen (secondary N) is 1. The van der Waals surface area contributed by atoms with E-state index in [0.29, 0.717) is 33.9 Å². The van der Waals surface area contributed by atoms with Crippen LogP contribution in [0.15, 0.2) is 77.8 Å². The van der Waals surface area contributed by atoms with E-state index in [1.807, 2.05) is 0 Å². The van der Waals surface area contributed by atoms with Crippen LogP contribution in [0.2, 0.25) is 0 Å². The summed E-state index contributed by atoms with van der Waals surface area (Å²) in [5.41, 5.74) is 3.16. The lowest BCUT2D eigenvalue weighted by atomic mass is 10.1. The lowest BCUT2D eigenvalue weighted by Gasteiger charge is -2.22. The van der Waals surface area contributed by atoms with E-state index in [2.05, 4.69) is 10.3 Å². The van der Waals surface area contributed by atoms with Gasteiger partial charge >= 0.3 is 0 Å². The first-order valence-corrected chi connectivity index (χ1v) is 10.0. The normalized spacial score (nSPS) is 13.1. The minimum Gasteiger partial charge on any atom is -0.325 e. The molecule has 160 valence electrons. The van der Waals surface area contributed by atoms with E-state index < -0.39 is 5.91 Å². The van der Waals surface area contributed by atoms with Crippen molar-refractivity contribution in [2.45, 2.75) is 13.3 Å². The molecule has 32 heavy (non-hydrogen) atoms. The second-order valence-corrected chi connectivity index (χ2v) is 7.40. The predicted molar refractivity (Wildman–Crippen MR) is 121 cm³/mol. The number of rotatable bonds is 5. The summed E-state index contributed by atoms with van der Waals surface area (Å²) in [7, 11) is 0. The quantitative estimate of drug-likeness (QED) is 0.606. The van der Waals surface area contributed by atoms with Crippen molar-refractivity contribution in [1.29, 1.82) is 0 Å². The summed E-state index contributed by atoms with van der Waals surface area (Å²) in [6.45, 7) is 1.23. The Balaban J connectivity index is 1.59. The number of hydrogen-bond donors (Lipinski definition) is 1. The van der Waals surface area contributed by atoms with Crippen LogP contribution in [0.4, 0.5) is 21.5 Å². The van der Waals surface area contributed by atoms with Gasteiger partial charge in [-0.05, 0) is 48.9 Å². The highest BCUT2D eigenvalue weighted by Gasteiger charge is 2.26. The number of hydrogen-bond acceptors (Lipinski definition) is 4. The molecular weight excluding hydrogens is 409 g/mol.